The highest BCUT2D eigenvalue weighted by atomic mass is 19.1. The number of amides is 1. The Labute approximate surface area is 110 Å². The molecule has 0 saturated heterocycles. The molecule has 1 aromatic rings. The number of rotatable bonds is 6. The first kappa shape index (κ1) is 13.5. The molecule has 5 heteroatoms. The molecule has 1 amide bonds. The van der Waals surface area contributed by atoms with E-state index in [0.29, 0.717) is 6.54 Å². The van der Waals surface area contributed by atoms with Crippen molar-refractivity contribution in [1.29, 1.82) is 0 Å². The topological polar surface area (TPSA) is 66.4 Å². The van der Waals surface area contributed by atoms with Crippen LogP contribution in [0.4, 0.5) is 4.39 Å². The number of halogens is 1. The fraction of sp³-hybridized carbons (Fsp3) is 0.429. The van der Waals surface area contributed by atoms with Gasteiger partial charge < -0.3 is 10.4 Å². The minimum Gasteiger partial charge on any atom is -0.481 e. The predicted molar refractivity (Wildman–Crippen MR) is 67.2 cm³/mol. The van der Waals surface area contributed by atoms with Crippen molar-refractivity contribution < 1.29 is 19.1 Å². The van der Waals surface area contributed by atoms with Gasteiger partial charge in [0.1, 0.15) is 5.82 Å². The van der Waals surface area contributed by atoms with Crippen molar-refractivity contribution in [2.75, 3.05) is 6.54 Å². The van der Waals surface area contributed by atoms with E-state index < -0.39 is 5.97 Å². The summed E-state index contributed by atoms with van der Waals surface area (Å²) in [5.74, 6) is -1.50. The highest BCUT2D eigenvalue weighted by Gasteiger charge is 2.44. The van der Waals surface area contributed by atoms with Crippen molar-refractivity contribution in [3.63, 3.8) is 0 Å². The highest BCUT2D eigenvalue weighted by molar-refractivity contribution is 5.80. The highest BCUT2D eigenvalue weighted by Crippen LogP contribution is 2.47. The number of carbonyl (C=O) groups is 2. The van der Waals surface area contributed by atoms with Gasteiger partial charge >= 0.3 is 5.97 Å². The molecular weight excluding hydrogens is 249 g/mol. The molecule has 1 aliphatic rings. The van der Waals surface area contributed by atoms with E-state index in [2.05, 4.69) is 5.32 Å². The van der Waals surface area contributed by atoms with Crippen LogP contribution in [0.2, 0.25) is 0 Å². The molecule has 0 bridgehead atoms. The molecule has 1 fully saturated rings. The van der Waals surface area contributed by atoms with Crippen LogP contribution < -0.4 is 5.32 Å². The predicted octanol–water partition coefficient (Wildman–Crippen LogP) is 1.84. The zero-order chi connectivity index (χ0) is 13.9. The fourth-order valence-electron chi connectivity index (χ4n) is 2.10. The Bertz CT molecular complexity index is 480. The van der Waals surface area contributed by atoms with E-state index in [0.717, 1.165) is 18.4 Å². The molecule has 0 aromatic heterocycles. The van der Waals surface area contributed by atoms with Crippen LogP contribution in [0.5, 0.6) is 0 Å². The molecule has 102 valence electrons. The van der Waals surface area contributed by atoms with Gasteiger partial charge in [0.2, 0.25) is 5.91 Å². The number of carboxylic acid groups (broad SMARTS) is 1. The van der Waals surface area contributed by atoms with Crippen LogP contribution in [0, 0.1) is 5.82 Å². The minimum atomic E-state index is -0.977. The fourth-order valence-corrected chi connectivity index (χ4v) is 2.10. The number of benzene rings is 1. The molecule has 4 nitrogen and oxygen atoms in total. The Morgan fingerprint density at radius 1 is 1.21 bits per heavy atom. The third-order valence-corrected chi connectivity index (χ3v) is 3.50. The van der Waals surface area contributed by atoms with E-state index in [1.54, 1.807) is 12.1 Å². The maximum Gasteiger partial charge on any atom is 0.303 e. The maximum absolute atomic E-state index is 12.9. The van der Waals surface area contributed by atoms with Crippen molar-refractivity contribution >= 4 is 11.9 Å². The second-order valence-corrected chi connectivity index (χ2v) is 4.96. The van der Waals surface area contributed by atoms with Gasteiger partial charge in [0.05, 0.1) is 6.42 Å². The van der Waals surface area contributed by atoms with Crippen LogP contribution in [0.3, 0.4) is 0 Å². The summed E-state index contributed by atoms with van der Waals surface area (Å²) in [6, 6.07) is 6.32. The van der Waals surface area contributed by atoms with Gasteiger partial charge in [0.15, 0.2) is 0 Å². The smallest absolute Gasteiger partial charge is 0.303 e. The van der Waals surface area contributed by atoms with Crippen LogP contribution in [0.25, 0.3) is 0 Å². The van der Waals surface area contributed by atoms with E-state index in [4.69, 9.17) is 5.11 Å². The van der Waals surface area contributed by atoms with E-state index >= 15 is 0 Å². The molecule has 1 aromatic carbocycles. The summed E-state index contributed by atoms with van der Waals surface area (Å²) in [4.78, 5) is 21.8. The van der Waals surface area contributed by atoms with Crippen LogP contribution in [-0.4, -0.2) is 23.5 Å². The van der Waals surface area contributed by atoms with Crippen LogP contribution >= 0.6 is 0 Å². The summed E-state index contributed by atoms with van der Waals surface area (Å²) < 4.78 is 12.9. The van der Waals surface area contributed by atoms with E-state index in [1.165, 1.54) is 12.1 Å². The number of hydrogen-bond donors (Lipinski definition) is 2. The molecule has 2 rings (SSSR count). The minimum absolute atomic E-state index is 0.00513. The van der Waals surface area contributed by atoms with E-state index in [-0.39, 0.29) is 30.0 Å². The zero-order valence-corrected chi connectivity index (χ0v) is 10.5. The largest absolute Gasteiger partial charge is 0.481 e. The average Bonchev–Trinajstić information content (AvgIpc) is 3.16. The van der Waals surface area contributed by atoms with Crippen LogP contribution in [0.15, 0.2) is 24.3 Å². The molecular formula is C14H16FNO3. The third-order valence-electron chi connectivity index (χ3n) is 3.50. The normalized spacial score (nSPS) is 15.8. The van der Waals surface area contributed by atoms with Crippen molar-refractivity contribution in [3.8, 4) is 0 Å². The average molecular weight is 265 g/mol. The lowest BCUT2D eigenvalue weighted by atomic mass is 9.96. The molecule has 0 unspecified atom stereocenters. The van der Waals surface area contributed by atoms with Gasteiger partial charge in [0, 0.05) is 18.4 Å². The van der Waals surface area contributed by atoms with Crippen LogP contribution in [0.1, 0.15) is 31.2 Å². The quantitative estimate of drug-likeness (QED) is 0.824. The molecule has 1 saturated carbocycles. The van der Waals surface area contributed by atoms with Crippen molar-refractivity contribution in [2.24, 2.45) is 0 Å². The second-order valence-electron chi connectivity index (χ2n) is 4.96. The first-order chi connectivity index (χ1) is 9.02. The number of carbonyl (C=O) groups excluding carboxylic acids is 1. The van der Waals surface area contributed by atoms with E-state index in [1.807, 2.05) is 0 Å². The molecule has 0 spiro atoms. The Morgan fingerprint density at radius 3 is 2.37 bits per heavy atom. The van der Waals surface area contributed by atoms with Gasteiger partial charge in [0.25, 0.3) is 0 Å². The van der Waals surface area contributed by atoms with Crippen molar-refractivity contribution in [2.45, 2.75) is 31.1 Å². The lowest BCUT2D eigenvalue weighted by Crippen LogP contribution is -2.32. The lowest BCUT2D eigenvalue weighted by Gasteiger charge is -2.16. The number of hydrogen-bond acceptors (Lipinski definition) is 2. The second kappa shape index (κ2) is 5.38. The molecule has 0 heterocycles. The van der Waals surface area contributed by atoms with Gasteiger partial charge in [-0.3, -0.25) is 9.59 Å². The van der Waals surface area contributed by atoms with Gasteiger partial charge in [-0.15, -0.1) is 0 Å². The molecule has 2 N–H and O–H groups in total. The Morgan fingerprint density at radius 2 is 1.84 bits per heavy atom. The Balaban J connectivity index is 1.87. The summed E-state index contributed by atoms with van der Waals surface area (Å²) in [7, 11) is 0. The first-order valence-corrected chi connectivity index (χ1v) is 6.26. The zero-order valence-electron chi connectivity index (χ0n) is 10.5. The van der Waals surface area contributed by atoms with Crippen LogP contribution in [-0.2, 0) is 15.0 Å². The summed E-state index contributed by atoms with van der Waals surface area (Å²) in [6.07, 6.45) is 1.75. The summed E-state index contributed by atoms with van der Waals surface area (Å²) in [5, 5.41) is 11.2. The summed E-state index contributed by atoms with van der Waals surface area (Å²) >= 11 is 0. The monoisotopic (exact) mass is 265 g/mol. The van der Waals surface area contributed by atoms with Gasteiger partial charge in [-0.05, 0) is 30.5 Å². The van der Waals surface area contributed by atoms with Crippen molar-refractivity contribution in [3.05, 3.63) is 35.6 Å². The molecule has 0 atom stereocenters. The SMILES string of the molecule is O=C(O)CCC(=O)NCC1(c2ccc(F)cc2)CC1. The van der Waals surface area contributed by atoms with Gasteiger partial charge in [-0.2, -0.15) is 0 Å². The maximum atomic E-state index is 12.9. The lowest BCUT2D eigenvalue weighted by molar-refractivity contribution is -0.138. The summed E-state index contributed by atoms with van der Waals surface area (Å²) in [6.45, 7) is 0.483. The Hall–Kier alpha value is -1.91. The molecule has 0 aliphatic heterocycles. The van der Waals surface area contributed by atoms with Gasteiger partial charge in [-0.1, -0.05) is 12.1 Å². The van der Waals surface area contributed by atoms with Crippen molar-refractivity contribution in [1.82, 2.24) is 5.32 Å². The van der Waals surface area contributed by atoms with Gasteiger partial charge in [-0.25, -0.2) is 4.39 Å². The Kier molecular flexibility index (Phi) is 3.83. The molecule has 0 radical (unpaired) electrons. The standard InChI is InChI=1S/C14H16FNO3/c15-11-3-1-10(2-4-11)14(7-8-14)9-16-12(17)5-6-13(18)19/h1-4H,5-9H2,(H,16,17)(H,18,19). The molecule has 19 heavy (non-hydrogen) atoms. The summed E-state index contributed by atoms with van der Waals surface area (Å²) in [5.41, 5.74) is 0.930. The number of nitrogens with one attached hydrogen (secondary N) is 1. The molecule has 1 aliphatic carbocycles. The number of aliphatic carboxylic acids is 1. The third kappa shape index (κ3) is 3.53. The first-order valence-electron chi connectivity index (χ1n) is 6.26. The number of carboxylic acids is 1. The van der Waals surface area contributed by atoms with E-state index in [9.17, 15) is 14.0 Å².